The van der Waals surface area contributed by atoms with E-state index in [0.29, 0.717) is 18.7 Å². The van der Waals surface area contributed by atoms with E-state index in [-0.39, 0.29) is 12.6 Å². The van der Waals surface area contributed by atoms with Gasteiger partial charge in [-0.2, -0.15) is 0 Å². The smallest absolute Gasteiger partial charge is 0.312 e. The van der Waals surface area contributed by atoms with Gasteiger partial charge in [-0.15, -0.1) is 11.6 Å². The third-order valence-electron chi connectivity index (χ3n) is 1.71. The summed E-state index contributed by atoms with van der Waals surface area (Å²) >= 11 is 5.50. The minimum atomic E-state index is -0.400. The molecule has 0 bridgehead atoms. The van der Waals surface area contributed by atoms with Crippen LogP contribution in [0.4, 0.5) is 0 Å². The van der Waals surface area contributed by atoms with Gasteiger partial charge < -0.3 is 9.47 Å². The number of carbonyl (C=O) groups is 2. The monoisotopic (exact) mass is 222 g/mol. The molecule has 0 aliphatic rings. The highest BCUT2D eigenvalue weighted by molar-refractivity contribution is 6.17. The van der Waals surface area contributed by atoms with E-state index in [0.717, 1.165) is 0 Å². The Balaban J connectivity index is 3.96. The van der Waals surface area contributed by atoms with Crippen molar-refractivity contribution >= 4 is 23.5 Å². The van der Waals surface area contributed by atoms with Crippen molar-refractivity contribution in [1.82, 2.24) is 0 Å². The molecule has 0 spiro atoms. The number of hydrogen-bond donors (Lipinski definition) is 0. The fraction of sp³-hybridized carbons (Fsp3) is 0.778. The summed E-state index contributed by atoms with van der Waals surface area (Å²) in [4.78, 5) is 21.7. The Labute approximate surface area is 88.5 Å². The third kappa shape index (κ3) is 5.80. The quantitative estimate of drug-likeness (QED) is 0.503. The van der Waals surface area contributed by atoms with Gasteiger partial charge >= 0.3 is 11.9 Å². The van der Waals surface area contributed by atoms with Crippen LogP contribution in [0.2, 0.25) is 0 Å². The molecule has 1 atom stereocenters. The fourth-order valence-corrected chi connectivity index (χ4v) is 1.13. The average Bonchev–Trinajstić information content (AvgIpc) is 2.16. The molecule has 0 aromatic rings. The maximum atomic E-state index is 11.2. The van der Waals surface area contributed by atoms with E-state index in [9.17, 15) is 9.59 Å². The number of carbonyl (C=O) groups excluding carboxylic acids is 2. The zero-order valence-electron chi connectivity index (χ0n) is 8.42. The van der Waals surface area contributed by atoms with E-state index in [1.807, 2.05) is 0 Å². The maximum absolute atomic E-state index is 11.2. The molecule has 0 N–H and O–H groups in total. The Kier molecular flexibility index (Phi) is 7.20. The molecule has 1 unspecified atom stereocenters. The third-order valence-corrected chi connectivity index (χ3v) is 1.98. The molecule has 5 heteroatoms. The van der Waals surface area contributed by atoms with Crippen LogP contribution in [0.5, 0.6) is 0 Å². The molecule has 0 saturated carbocycles. The summed E-state index contributed by atoms with van der Waals surface area (Å²) < 4.78 is 9.31. The normalized spacial score (nSPS) is 11.9. The average molecular weight is 223 g/mol. The number of alkyl halides is 1. The van der Waals surface area contributed by atoms with Gasteiger partial charge in [0.2, 0.25) is 0 Å². The van der Waals surface area contributed by atoms with Crippen LogP contribution in [-0.4, -0.2) is 31.5 Å². The predicted octanol–water partition coefficient (Wildman–Crippen LogP) is 1.36. The SMILES string of the molecule is COC(=O)C(CCCCl)COC(C)=O. The highest BCUT2D eigenvalue weighted by Gasteiger charge is 2.19. The van der Waals surface area contributed by atoms with Gasteiger partial charge in [0.1, 0.15) is 6.61 Å². The summed E-state index contributed by atoms with van der Waals surface area (Å²) in [5, 5.41) is 0. The first kappa shape index (κ1) is 13.2. The minimum absolute atomic E-state index is 0.0683. The van der Waals surface area contributed by atoms with Crippen LogP contribution in [-0.2, 0) is 19.1 Å². The van der Waals surface area contributed by atoms with Gasteiger partial charge in [0.05, 0.1) is 13.0 Å². The fourth-order valence-electron chi connectivity index (χ4n) is 0.977. The topological polar surface area (TPSA) is 52.6 Å². The van der Waals surface area contributed by atoms with E-state index < -0.39 is 11.9 Å². The van der Waals surface area contributed by atoms with E-state index >= 15 is 0 Å². The lowest BCUT2D eigenvalue weighted by atomic mass is 10.1. The standard InChI is InChI=1S/C9H15ClO4/c1-7(11)14-6-8(4-3-5-10)9(12)13-2/h8H,3-6H2,1-2H3. The second-order valence-corrected chi connectivity index (χ2v) is 3.23. The molecule has 14 heavy (non-hydrogen) atoms. The molecule has 0 radical (unpaired) electrons. The molecule has 0 rings (SSSR count). The summed E-state index contributed by atoms with van der Waals surface area (Å²) in [5.74, 6) is -0.683. The number of esters is 2. The number of rotatable bonds is 6. The number of ether oxygens (including phenoxy) is 2. The van der Waals surface area contributed by atoms with Crippen molar-refractivity contribution in [2.45, 2.75) is 19.8 Å². The van der Waals surface area contributed by atoms with Crippen LogP contribution < -0.4 is 0 Å². The van der Waals surface area contributed by atoms with Crippen LogP contribution in [0.1, 0.15) is 19.8 Å². The number of halogens is 1. The first-order valence-corrected chi connectivity index (χ1v) is 4.92. The van der Waals surface area contributed by atoms with Crippen LogP contribution >= 0.6 is 11.6 Å². The summed E-state index contributed by atoms with van der Waals surface area (Å²) in [6, 6.07) is 0. The molecular formula is C9H15ClO4. The van der Waals surface area contributed by atoms with Gasteiger partial charge in [-0.1, -0.05) is 0 Å². The van der Waals surface area contributed by atoms with Gasteiger partial charge in [-0.05, 0) is 12.8 Å². The maximum Gasteiger partial charge on any atom is 0.312 e. The molecule has 0 aromatic carbocycles. The van der Waals surface area contributed by atoms with Crippen molar-refractivity contribution in [2.24, 2.45) is 5.92 Å². The number of hydrogen-bond acceptors (Lipinski definition) is 4. The van der Waals surface area contributed by atoms with Crippen molar-refractivity contribution in [1.29, 1.82) is 0 Å². The van der Waals surface area contributed by atoms with Crippen LogP contribution in [0.3, 0.4) is 0 Å². The molecule has 0 fully saturated rings. The molecule has 0 aromatic heterocycles. The van der Waals surface area contributed by atoms with Gasteiger partial charge in [-0.25, -0.2) is 0 Å². The van der Waals surface area contributed by atoms with Gasteiger partial charge in [0, 0.05) is 12.8 Å². The Hall–Kier alpha value is -0.770. The zero-order valence-corrected chi connectivity index (χ0v) is 9.17. The van der Waals surface area contributed by atoms with E-state index in [2.05, 4.69) is 4.74 Å². The van der Waals surface area contributed by atoms with Gasteiger partial charge in [0.25, 0.3) is 0 Å². The van der Waals surface area contributed by atoms with Crippen molar-refractivity contribution in [3.8, 4) is 0 Å². The molecule has 4 nitrogen and oxygen atoms in total. The van der Waals surface area contributed by atoms with Crippen LogP contribution in [0, 0.1) is 5.92 Å². The Morgan fingerprint density at radius 1 is 1.43 bits per heavy atom. The van der Waals surface area contributed by atoms with Gasteiger partial charge in [0.15, 0.2) is 0 Å². The number of methoxy groups -OCH3 is 1. The van der Waals surface area contributed by atoms with E-state index in [4.69, 9.17) is 16.3 Å². The first-order chi connectivity index (χ1) is 6.61. The lowest BCUT2D eigenvalue weighted by Gasteiger charge is -2.13. The summed E-state index contributed by atoms with van der Waals surface area (Å²) in [6.45, 7) is 1.37. The summed E-state index contributed by atoms with van der Waals surface area (Å²) in [7, 11) is 1.31. The minimum Gasteiger partial charge on any atom is -0.469 e. The molecule has 82 valence electrons. The van der Waals surface area contributed by atoms with Gasteiger partial charge in [-0.3, -0.25) is 9.59 Å². The molecule has 0 saturated heterocycles. The molecule has 0 aliphatic heterocycles. The molecule has 0 amide bonds. The largest absolute Gasteiger partial charge is 0.469 e. The van der Waals surface area contributed by atoms with Crippen molar-refractivity contribution in [3.05, 3.63) is 0 Å². The highest BCUT2D eigenvalue weighted by Crippen LogP contribution is 2.10. The predicted molar refractivity (Wildman–Crippen MR) is 52.1 cm³/mol. The zero-order chi connectivity index (χ0) is 11.0. The lowest BCUT2D eigenvalue weighted by molar-refractivity contribution is -0.152. The second kappa shape index (κ2) is 7.62. The van der Waals surface area contributed by atoms with Crippen molar-refractivity contribution < 1.29 is 19.1 Å². The molecule has 0 heterocycles. The highest BCUT2D eigenvalue weighted by atomic mass is 35.5. The van der Waals surface area contributed by atoms with Crippen LogP contribution in [0.15, 0.2) is 0 Å². The van der Waals surface area contributed by atoms with Crippen molar-refractivity contribution in [3.63, 3.8) is 0 Å². The Morgan fingerprint density at radius 3 is 2.50 bits per heavy atom. The Morgan fingerprint density at radius 2 is 2.07 bits per heavy atom. The summed E-state index contributed by atoms with van der Waals surface area (Å²) in [5.41, 5.74) is 0. The van der Waals surface area contributed by atoms with Crippen LogP contribution in [0.25, 0.3) is 0 Å². The lowest BCUT2D eigenvalue weighted by Crippen LogP contribution is -2.23. The Bertz CT molecular complexity index is 193. The van der Waals surface area contributed by atoms with E-state index in [1.165, 1.54) is 14.0 Å². The summed E-state index contributed by atoms with van der Waals surface area (Å²) in [6.07, 6.45) is 1.27. The van der Waals surface area contributed by atoms with E-state index in [1.54, 1.807) is 0 Å². The first-order valence-electron chi connectivity index (χ1n) is 4.39. The molecule has 0 aliphatic carbocycles. The molecular weight excluding hydrogens is 208 g/mol. The van der Waals surface area contributed by atoms with Crippen molar-refractivity contribution in [2.75, 3.05) is 19.6 Å². The second-order valence-electron chi connectivity index (χ2n) is 2.85.